The molecule has 0 bridgehead atoms. The molecule has 0 aromatic carbocycles. The molecule has 0 saturated carbocycles. The first-order chi connectivity index (χ1) is 30.8. The van der Waals surface area contributed by atoms with E-state index in [1.54, 1.807) is 6.08 Å². The van der Waals surface area contributed by atoms with E-state index in [-0.39, 0.29) is 6.61 Å². The third-order valence-electron chi connectivity index (χ3n) is 13.2. The highest BCUT2D eigenvalue weighted by Crippen LogP contribution is 2.23. The van der Waals surface area contributed by atoms with Crippen molar-refractivity contribution in [3.8, 4) is 0 Å². The highest BCUT2D eigenvalue weighted by molar-refractivity contribution is 5.80. The van der Waals surface area contributed by atoms with Crippen molar-refractivity contribution in [3.05, 3.63) is 12.2 Å². The van der Waals surface area contributed by atoms with E-state index in [1.807, 2.05) is 6.08 Å². The fourth-order valence-electron chi connectivity index (χ4n) is 8.81. The molecule has 10 nitrogen and oxygen atoms in total. The molecule has 1 fully saturated rings. The van der Waals surface area contributed by atoms with Crippen LogP contribution in [0.5, 0.6) is 0 Å². The molecule has 63 heavy (non-hydrogen) atoms. The summed E-state index contributed by atoms with van der Waals surface area (Å²) in [5.41, 5.74) is 0. The van der Waals surface area contributed by atoms with Gasteiger partial charge in [-0.25, -0.2) is 0 Å². The van der Waals surface area contributed by atoms with Gasteiger partial charge in [-0.05, 0) is 19.3 Å². The van der Waals surface area contributed by atoms with Gasteiger partial charge in [0.2, 0.25) is 5.91 Å². The Bertz CT molecular complexity index is 1010. The fraction of sp³-hybridized carbons (Fsp3) is 0.943. The summed E-state index contributed by atoms with van der Waals surface area (Å²) in [6.07, 6.45) is 41.8. The molecule has 0 aromatic heterocycles. The average molecular weight is 898 g/mol. The second-order valence-corrected chi connectivity index (χ2v) is 19.2. The number of hydrogen-bond acceptors (Lipinski definition) is 9. The summed E-state index contributed by atoms with van der Waals surface area (Å²) in [5.74, 6) is -0.612. The lowest BCUT2D eigenvalue weighted by molar-refractivity contribution is -0.302. The van der Waals surface area contributed by atoms with Crippen molar-refractivity contribution < 1.29 is 44.9 Å². The van der Waals surface area contributed by atoms with E-state index < -0.39 is 61.5 Å². The molecule has 0 radical (unpaired) electrons. The molecule has 8 atom stereocenters. The summed E-state index contributed by atoms with van der Waals surface area (Å²) < 4.78 is 11.1. The van der Waals surface area contributed by atoms with Crippen LogP contribution in [0.25, 0.3) is 0 Å². The zero-order valence-electron chi connectivity index (χ0n) is 41.0. The van der Waals surface area contributed by atoms with Crippen molar-refractivity contribution in [1.29, 1.82) is 0 Å². The van der Waals surface area contributed by atoms with Gasteiger partial charge in [0.15, 0.2) is 6.29 Å². The number of aliphatic hydroxyl groups excluding tert-OH is 6. The van der Waals surface area contributed by atoms with Gasteiger partial charge in [-0.1, -0.05) is 251 Å². The first-order valence-corrected chi connectivity index (χ1v) is 27.0. The highest BCUT2D eigenvalue weighted by atomic mass is 16.7. The standard InChI is InChI=1S/C53H103NO9/c1-3-5-7-9-11-13-15-16-17-18-19-20-21-22-23-24-25-26-27-28-29-30-32-34-36-38-40-42-47(57)52(61)54-45(44-62-53-51(60)50(59)49(58)48(43-55)63-53)46(56)41-39-37-35-33-31-14-12-10-8-6-4-2/h39,41,45-51,53,55-60H,3-38,40,42-44H2,1-2H3,(H,54,61)/b41-39+. The van der Waals surface area contributed by atoms with Gasteiger partial charge in [-0.3, -0.25) is 4.79 Å². The normalized spacial score (nSPS) is 20.7. The predicted molar refractivity (Wildman–Crippen MR) is 260 cm³/mol. The summed E-state index contributed by atoms with van der Waals surface area (Å²) in [4.78, 5) is 13.1. The number of unbranched alkanes of at least 4 members (excludes halogenated alkanes) is 35. The Labute approximate surface area is 387 Å². The van der Waals surface area contributed by atoms with Crippen LogP contribution >= 0.6 is 0 Å². The Morgan fingerprint density at radius 1 is 0.540 bits per heavy atom. The van der Waals surface area contributed by atoms with Crippen molar-refractivity contribution in [2.45, 2.75) is 307 Å². The number of aliphatic hydroxyl groups is 6. The maximum absolute atomic E-state index is 13.1. The number of hydrogen-bond donors (Lipinski definition) is 7. The van der Waals surface area contributed by atoms with Gasteiger partial charge in [0.1, 0.15) is 30.5 Å². The molecule has 374 valence electrons. The molecule has 1 saturated heterocycles. The smallest absolute Gasteiger partial charge is 0.249 e. The van der Waals surface area contributed by atoms with E-state index in [0.29, 0.717) is 6.42 Å². The van der Waals surface area contributed by atoms with Crippen LogP contribution in [0.15, 0.2) is 12.2 Å². The van der Waals surface area contributed by atoms with Crippen LogP contribution in [0.3, 0.4) is 0 Å². The van der Waals surface area contributed by atoms with Crippen LogP contribution in [0.4, 0.5) is 0 Å². The van der Waals surface area contributed by atoms with Crippen molar-refractivity contribution in [2.24, 2.45) is 0 Å². The number of carbonyl (C=O) groups is 1. The monoisotopic (exact) mass is 898 g/mol. The lowest BCUT2D eigenvalue weighted by Crippen LogP contribution is -2.60. The molecule has 0 aromatic rings. The Kier molecular flexibility index (Phi) is 41.3. The lowest BCUT2D eigenvalue weighted by Gasteiger charge is -2.40. The molecule has 7 N–H and O–H groups in total. The van der Waals surface area contributed by atoms with Crippen molar-refractivity contribution in [2.75, 3.05) is 13.2 Å². The molecule has 8 unspecified atom stereocenters. The van der Waals surface area contributed by atoms with Crippen LogP contribution in [-0.2, 0) is 14.3 Å². The number of allylic oxidation sites excluding steroid dienone is 1. The number of ether oxygens (including phenoxy) is 2. The van der Waals surface area contributed by atoms with E-state index >= 15 is 0 Å². The van der Waals surface area contributed by atoms with Crippen LogP contribution in [0.2, 0.25) is 0 Å². The number of rotatable bonds is 46. The third-order valence-corrected chi connectivity index (χ3v) is 13.2. The summed E-state index contributed by atoms with van der Waals surface area (Å²) in [5, 5.41) is 64.7. The van der Waals surface area contributed by atoms with E-state index in [2.05, 4.69) is 19.2 Å². The van der Waals surface area contributed by atoms with Gasteiger partial charge in [0, 0.05) is 0 Å². The Hall–Kier alpha value is -1.11. The fourth-order valence-corrected chi connectivity index (χ4v) is 8.81. The van der Waals surface area contributed by atoms with Crippen LogP contribution in [0.1, 0.15) is 258 Å². The molecule has 0 aliphatic carbocycles. The summed E-state index contributed by atoms with van der Waals surface area (Å²) in [6.45, 7) is 3.62. The SMILES string of the molecule is CCCCCCCCCCC/C=C/C(O)C(COC1OC(CO)C(O)C(O)C1O)NC(=O)C(O)CCCCCCCCCCCCCCCCCCCCCCCCCCCCC. The minimum absolute atomic E-state index is 0.301. The number of nitrogens with one attached hydrogen (secondary N) is 1. The van der Waals surface area contributed by atoms with E-state index in [0.717, 1.165) is 44.9 Å². The minimum atomic E-state index is -1.61. The Balaban J connectivity index is 2.19. The summed E-state index contributed by atoms with van der Waals surface area (Å²) >= 11 is 0. The third kappa shape index (κ3) is 33.1. The second kappa shape index (κ2) is 43.5. The van der Waals surface area contributed by atoms with Crippen molar-refractivity contribution in [3.63, 3.8) is 0 Å². The zero-order chi connectivity index (χ0) is 46.0. The van der Waals surface area contributed by atoms with Crippen LogP contribution in [-0.4, -0.2) is 98.7 Å². The molecule has 1 amide bonds. The zero-order valence-corrected chi connectivity index (χ0v) is 41.0. The molecule has 1 rings (SSSR count). The predicted octanol–water partition coefficient (Wildman–Crippen LogP) is 11.4. The highest BCUT2D eigenvalue weighted by Gasteiger charge is 2.44. The molecular formula is C53H103NO9. The first kappa shape index (κ1) is 59.9. The Morgan fingerprint density at radius 2 is 0.905 bits per heavy atom. The molecule has 0 spiro atoms. The average Bonchev–Trinajstić information content (AvgIpc) is 3.28. The second-order valence-electron chi connectivity index (χ2n) is 19.2. The van der Waals surface area contributed by atoms with Crippen molar-refractivity contribution in [1.82, 2.24) is 5.32 Å². The van der Waals surface area contributed by atoms with Gasteiger partial charge in [-0.15, -0.1) is 0 Å². The van der Waals surface area contributed by atoms with Crippen LogP contribution in [0, 0.1) is 0 Å². The van der Waals surface area contributed by atoms with Gasteiger partial charge >= 0.3 is 0 Å². The molecule has 1 heterocycles. The molecule has 1 aliphatic rings. The first-order valence-electron chi connectivity index (χ1n) is 27.0. The van der Waals surface area contributed by atoms with Gasteiger partial charge in [-0.2, -0.15) is 0 Å². The van der Waals surface area contributed by atoms with Gasteiger partial charge in [0.25, 0.3) is 0 Å². The molecule has 10 heteroatoms. The van der Waals surface area contributed by atoms with E-state index in [4.69, 9.17) is 9.47 Å². The summed E-state index contributed by atoms with van der Waals surface area (Å²) in [6, 6.07) is -0.974. The largest absolute Gasteiger partial charge is 0.394 e. The minimum Gasteiger partial charge on any atom is -0.394 e. The summed E-state index contributed by atoms with van der Waals surface area (Å²) in [7, 11) is 0. The maximum atomic E-state index is 13.1. The topological polar surface area (TPSA) is 169 Å². The number of carbonyl (C=O) groups excluding carboxylic acids is 1. The van der Waals surface area contributed by atoms with Crippen LogP contribution < -0.4 is 5.32 Å². The lowest BCUT2D eigenvalue weighted by atomic mass is 9.99. The molecule has 1 aliphatic heterocycles. The van der Waals surface area contributed by atoms with Crippen molar-refractivity contribution >= 4 is 5.91 Å². The quantitative estimate of drug-likeness (QED) is 0.0232. The van der Waals surface area contributed by atoms with Gasteiger partial charge in [0.05, 0.1) is 25.4 Å². The molecular weight excluding hydrogens is 795 g/mol. The maximum Gasteiger partial charge on any atom is 0.249 e. The Morgan fingerprint density at radius 3 is 1.29 bits per heavy atom. The van der Waals surface area contributed by atoms with E-state index in [1.165, 1.54) is 193 Å². The van der Waals surface area contributed by atoms with E-state index in [9.17, 15) is 35.4 Å². The van der Waals surface area contributed by atoms with Gasteiger partial charge < -0.3 is 45.4 Å². The number of amides is 1.